The highest BCUT2D eigenvalue weighted by Crippen LogP contribution is 2.32. The van der Waals surface area contributed by atoms with Crippen LogP contribution in [0.3, 0.4) is 0 Å². The highest BCUT2D eigenvalue weighted by molar-refractivity contribution is 5.05. The Labute approximate surface area is 84.7 Å². The number of aliphatic hydroxyl groups excluding tert-OH is 1. The number of aliphatic hydroxyl groups is 1. The molecule has 0 fully saturated rings. The summed E-state index contributed by atoms with van der Waals surface area (Å²) in [6.07, 6.45) is 0.567. The van der Waals surface area contributed by atoms with E-state index in [1.165, 1.54) is 0 Å². The molecule has 0 aliphatic rings. The summed E-state index contributed by atoms with van der Waals surface area (Å²) in [5.74, 6) is 0.548. The summed E-state index contributed by atoms with van der Waals surface area (Å²) in [4.78, 5) is 0. The van der Waals surface area contributed by atoms with Gasteiger partial charge in [-0.15, -0.1) is 0 Å². The van der Waals surface area contributed by atoms with Crippen molar-refractivity contribution in [2.45, 2.75) is 33.0 Å². The molecule has 80 valence electrons. The lowest BCUT2D eigenvalue weighted by atomic mass is 9.85. The van der Waals surface area contributed by atoms with E-state index < -0.39 is 6.10 Å². The monoisotopic (exact) mass is 198 g/mol. The Balaban J connectivity index is 2.81. The highest BCUT2D eigenvalue weighted by Gasteiger charge is 2.33. The largest absolute Gasteiger partial charge is 0.466 e. The topological polar surface area (TPSA) is 42.6 Å². The fraction of sp³-hybridized carbons (Fsp3) is 0.636. The van der Waals surface area contributed by atoms with Gasteiger partial charge in [0, 0.05) is 7.11 Å². The molecule has 1 heterocycles. The third kappa shape index (κ3) is 2.36. The molecule has 0 saturated heterocycles. The molecule has 1 rings (SSSR count). The average Bonchev–Trinajstić information content (AvgIpc) is 2.53. The fourth-order valence-electron chi connectivity index (χ4n) is 1.56. The van der Waals surface area contributed by atoms with Crippen LogP contribution in [0.25, 0.3) is 0 Å². The highest BCUT2D eigenvalue weighted by atomic mass is 16.5. The molecule has 3 heteroatoms. The maximum Gasteiger partial charge on any atom is 0.138 e. The zero-order valence-electron chi connectivity index (χ0n) is 9.15. The molecule has 0 radical (unpaired) electrons. The molecule has 0 amide bonds. The van der Waals surface area contributed by atoms with E-state index in [0.717, 1.165) is 0 Å². The first-order chi connectivity index (χ1) is 6.46. The minimum Gasteiger partial charge on any atom is -0.466 e. The van der Waals surface area contributed by atoms with Crippen LogP contribution in [0, 0.1) is 5.41 Å². The van der Waals surface area contributed by atoms with Crippen LogP contribution in [-0.4, -0.2) is 18.3 Å². The molecule has 2 atom stereocenters. The van der Waals surface area contributed by atoms with Gasteiger partial charge in [-0.3, -0.25) is 0 Å². The van der Waals surface area contributed by atoms with Crippen molar-refractivity contribution in [3.05, 3.63) is 24.2 Å². The van der Waals surface area contributed by atoms with Crippen molar-refractivity contribution in [1.29, 1.82) is 0 Å². The number of ether oxygens (including phenoxy) is 1. The van der Waals surface area contributed by atoms with Gasteiger partial charge in [-0.1, -0.05) is 20.8 Å². The van der Waals surface area contributed by atoms with E-state index in [0.29, 0.717) is 5.76 Å². The van der Waals surface area contributed by atoms with Crippen molar-refractivity contribution in [2.24, 2.45) is 5.41 Å². The molecule has 0 aliphatic carbocycles. The van der Waals surface area contributed by atoms with Crippen molar-refractivity contribution in [2.75, 3.05) is 7.11 Å². The Kier molecular flexibility index (Phi) is 3.34. The third-order valence-electron chi connectivity index (χ3n) is 2.23. The smallest absolute Gasteiger partial charge is 0.138 e. The van der Waals surface area contributed by atoms with E-state index in [4.69, 9.17) is 9.15 Å². The average molecular weight is 198 g/mol. The van der Waals surface area contributed by atoms with Crippen molar-refractivity contribution in [3.8, 4) is 0 Å². The Morgan fingerprint density at radius 1 is 1.43 bits per heavy atom. The maximum absolute atomic E-state index is 9.99. The predicted octanol–water partition coefficient (Wildman–Crippen LogP) is 2.37. The molecule has 0 saturated carbocycles. The molecular weight excluding hydrogens is 180 g/mol. The first kappa shape index (κ1) is 11.3. The summed E-state index contributed by atoms with van der Waals surface area (Å²) in [7, 11) is 1.60. The molecule has 3 nitrogen and oxygen atoms in total. The SMILES string of the molecule is COC(C(O)c1ccco1)C(C)(C)C. The van der Waals surface area contributed by atoms with E-state index in [-0.39, 0.29) is 11.5 Å². The van der Waals surface area contributed by atoms with Crippen molar-refractivity contribution in [1.82, 2.24) is 0 Å². The molecule has 14 heavy (non-hydrogen) atoms. The van der Waals surface area contributed by atoms with Gasteiger partial charge < -0.3 is 14.3 Å². The molecule has 1 aromatic heterocycles. The molecule has 2 unspecified atom stereocenters. The Morgan fingerprint density at radius 2 is 2.07 bits per heavy atom. The number of methoxy groups -OCH3 is 1. The van der Waals surface area contributed by atoms with Crippen molar-refractivity contribution < 1.29 is 14.3 Å². The normalized spacial score (nSPS) is 16.6. The van der Waals surface area contributed by atoms with Gasteiger partial charge in [0.2, 0.25) is 0 Å². The summed E-state index contributed by atoms with van der Waals surface area (Å²) in [6, 6.07) is 3.51. The summed E-state index contributed by atoms with van der Waals surface area (Å²) >= 11 is 0. The van der Waals surface area contributed by atoms with Gasteiger partial charge in [-0.25, -0.2) is 0 Å². The fourth-order valence-corrected chi connectivity index (χ4v) is 1.56. The summed E-state index contributed by atoms with van der Waals surface area (Å²) < 4.78 is 10.4. The van der Waals surface area contributed by atoms with Crippen molar-refractivity contribution in [3.63, 3.8) is 0 Å². The molecule has 1 aromatic rings. The van der Waals surface area contributed by atoms with Crippen LogP contribution in [0.2, 0.25) is 0 Å². The van der Waals surface area contributed by atoms with E-state index in [9.17, 15) is 5.11 Å². The first-order valence-corrected chi connectivity index (χ1v) is 4.71. The first-order valence-electron chi connectivity index (χ1n) is 4.71. The number of furan rings is 1. The second kappa shape index (κ2) is 4.15. The lowest BCUT2D eigenvalue weighted by molar-refractivity contribution is -0.0797. The summed E-state index contributed by atoms with van der Waals surface area (Å²) in [5, 5.41) is 9.99. The molecule has 0 bridgehead atoms. The Bertz CT molecular complexity index is 259. The predicted molar refractivity (Wildman–Crippen MR) is 53.9 cm³/mol. The van der Waals surface area contributed by atoms with Crippen molar-refractivity contribution >= 4 is 0 Å². The minimum absolute atomic E-state index is 0.124. The van der Waals surface area contributed by atoms with Crippen LogP contribution in [0.4, 0.5) is 0 Å². The van der Waals surface area contributed by atoms with Gasteiger partial charge in [0.1, 0.15) is 11.9 Å². The lowest BCUT2D eigenvalue weighted by Gasteiger charge is -2.32. The van der Waals surface area contributed by atoms with E-state index in [1.54, 1.807) is 25.5 Å². The Hall–Kier alpha value is -0.800. The summed E-state index contributed by atoms with van der Waals surface area (Å²) in [5.41, 5.74) is -0.124. The van der Waals surface area contributed by atoms with Gasteiger partial charge in [0.15, 0.2) is 0 Å². The zero-order valence-corrected chi connectivity index (χ0v) is 9.15. The summed E-state index contributed by atoms with van der Waals surface area (Å²) in [6.45, 7) is 6.06. The van der Waals surface area contributed by atoms with Gasteiger partial charge in [-0.05, 0) is 17.5 Å². The zero-order chi connectivity index (χ0) is 10.8. The van der Waals surface area contributed by atoms with Gasteiger partial charge >= 0.3 is 0 Å². The van der Waals surface area contributed by atoms with Crippen LogP contribution < -0.4 is 0 Å². The van der Waals surface area contributed by atoms with E-state index in [2.05, 4.69) is 0 Å². The van der Waals surface area contributed by atoms with Gasteiger partial charge in [0.25, 0.3) is 0 Å². The number of hydrogen-bond acceptors (Lipinski definition) is 3. The third-order valence-corrected chi connectivity index (χ3v) is 2.23. The lowest BCUT2D eigenvalue weighted by Crippen LogP contribution is -2.34. The second-order valence-corrected chi connectivity index (χ2v) is 4.48. The standard InChI is InChI=1S/C11H18O3/c1-11(2,3)10(13-4)9(12)8-6-5-7-14-8/h5-7,9-10,12H,1-4H3. The van der Waals surface area contributed by atoms with Crippen LogP contribution in [0.1, 0.15) is 32.6 Å². The Morgan fingerprint density at radius 3 is 2.43 bits per heavy atom. The van der Waals surface area contributed by atoms with Gasteiger partial charge in [0.05, 0.1) is 12.4 Å². The molecule has 0 spiro atoms. The molecule has 1 N–H and O–H groups in total. The maximum atomic E-state index is 9.99. The second-order valence-electron chi connectivity index (χ2n) is 4.48. The molecule has 0 aliphatic heterocycles. The number of hydrogen-bond donors (Lipinski definition) is 1. The van der Waals surface area contributed by atoms with Crippen LogP contribution in [0.5, 0.6) is 0 Å². The van der Waals surface area contributed by atoms with Crippen LogP contribution in [0.15, 0.2) is 22.8 Å². The van der Waals surface area contributed by atoms with Gasteiger partial charge in [-0.2, -0.15) is 0 Å². The molecule has 0 aromatic carbocycles. The van der Waals surface area contributed by atoms with E-state index in [1.807, 2.05) is 20.8 Å². The molecular formula is C11H18O3. The minimum atomic E-state index is -0.713. The van der Waals surface area contributed by atoms with Crippen LogP contribution >= 0.6 is 0 Å². The van der Waals surface area contributed by atoms with Crippen LogP contribution in [-0.2, 0) is 4.74 Å². The number of rotatable bonds is 3. The quantitative estimate of drug-likeness (QED) is 0.810. The van der Waals surface area contributed by atoms with E-state index >= 15 is 0 Å².